The number of hydrogen-bond donors (Lipinski definition) is 1. The van der Waals surface area contributed by atoms with E-state index in [1.165, 1.54) is 0 Å². The van der Waals surface area contributed by atoms with Gasteiger partial charge in [-0.15, -0.1) is 0 Å². The maximum absolute atomic E-state index is 11.7. The quantitative estimate of drug-likeness (QED) is 0.874. The number of amides is 1. The van der Waals surface area contributed by atoms with E-state index in [9.17, 15) is 9.59 Å². The highest BCUT2D eigenvalue weighted by Crippen LogP contribution is 2.23. The van der Waals surface area contributed by atoms with E-state index in [4.69, 9.17) is 14.0 Å². The van der Waals surface area contributed by atoms with Gasteiger partial charge in [0, 0.05) is 11.8 Å². The number of carbonyl (C=O) groups is 2. The minimum absolute atomic E-state index is 0.112. The van der Waals surface area contributed by atoms with E-state index in [1.54, 1.807) is 45.9 Å². The van der Waals surface area contributed by atoms with Gasteiger partial charge >= 0.3 is 12.1 Å². The molecule has 1 aromatic carbocycles. The number of rotatable bonds is 3. The molecule has 1 amide bonds. The first-order valence-electron chi connectivity index (χ1n) is 6.86. The molecule has 0 aliphatic rings. The molecule has 0 unspecified atom stereocenters. The summed E-state index contributed by atoms with van der Waals surface area (Å²) in [7, 11) is 0. The standard InChI is InChI=1S/C15H18N2O5/c1-5-20-13(18)12-10-7-6-9(8-11(10)22-17-12)16-14(19)21-15(2,3)4/h6-8H,5H2,1-4H3,(H,16,19). The Morgan fingerprint density at radius 1 is 1.32 bits per heavy atom. The fraction of sp³-hybridized carbons (Fsp3) is 0.400. The van der Waals surface area contributed by atoms with Crippen LogP contribution in [0.2, 0.25) is 0 Å². The highest BCUT2D eigenvalue weighted by Gasteiger charge is 2.19. The number of benzene rings is 1. The smallest absolute Gasteiger partial charge is 0.412 e. The van der Waals surface area contributed by atoms with Gasteiger partial charge in [-0.2, -0.15) is 0 Å². The molecule has 0 saturated carbocycles. The maximum atomic E-state index is 11.7. The van der Waals surface area contributed by atoms with Crippen molar-refractivity contribution in [2.45, 2.75) is 33.3 Å². The Balaban J connectivity index is 2.18. The molecule has 0 fully saturated rings. The Kier molecular flexibility index (Phi) is 4.35. The van der Waals surface area contributed by atoms with Gasteiger partial charge in [-0.3, -0.25) is 5.32 Å². The van der Waals surface area contributed by atoms with Crippen molar-refractivity contribution in [1.29, 1.82) is 0 Å². The lowest BCUT2D eigenvalue weighted by Crippen LogP contribution is -2.27. The largest absolute Gasteiger partial charge is 0.461 e. The van der Waals surface area contributed by atoms with Gasteiger partial charge in [0.1, 0.15) is 5.60 Å². The van der Waals surface area contributed by atoms with Crippen molar-refractivity contribution in [3.05, 3.63) is 23.9 Å². The van der Waals surface area contributed by atoms with Gasteiger partial charge in [0.15, 0.2) is 11.3 Å². The van der Waals surface area contributed by atoms with Crippen molar-refractivity contribution in [3.63, 3.8) is 0 Å². The SMILES string of the molecule is CCOC(=O)c1noc2cc(NC(=O)OC(C)(C)C)ccc12. The fourth-order valence-electron chi connectivity index (χ4n) is 1.78. The average Bonchev–Trinajstić information content (AvgIpc) is 2.79. The number of aromatic nitrogens is 1. The van der Waals surface area contributed by atoms with E-state index in [0.29, 0.717) is 16.7 Å². The lowest BCUT2D eigenvalue weighted by Gasteiger charge is -2.19. The van der Waals surface area contributed by atoms with E-state index < -0.39 is 17.7 Å². The van der Waals surface area contributed by atoms with Crippen LogP contribution in [0, 0.1) is 0 Å². The van der Waals surface area contributed by atoms with Crippen LogP contribution >= 0.6 is 0 Å². The van der Waals surface area contributed by atoms with Crippen molar-refractivity contribution < 1.29 is 23.6 Å². The second-order valence-electron chi connectivity index (χ2n) is 5.59. The zero-order valence-electron chi connectivity index (χ0n) is 12.9. The van der Waals surface area contributed by atoms with E-state index in [-0.39, 0.29) is 12.3 Å². The highest BCUT2D eigenvalue weighted by molar-refractivity contribution is 6.02. The second-order valence-corrected chi connectivity index (χ2v) is 5.59. The number of anilines is 1. The van der Waals surface area contributed by atoms with Crippen LogP contribution in [0.5, 0.6) is 0 Å². The molecule has 118 valence electrons. The van der Waals surface area contributed by atoms with Gasteiger partial charge in [0.2, 0.25) is 0 Å². The molecule has 22 heavy (non-hydrogen) atoms. The van der Waals surface area contributed by atoms with Crippen LogP contribution in [0.3, 0.4) is 0 Å². The van der Waals surface area contributed by atoms with Gasteiger partial charge < -0.3 is 14.0 Å². The molecule has 0 atom stereocenters. The summed E-state index contributed by atoms with van der Waals surface area (Å²) < 4.78 is 15.1. The van der Waals surface area contributed by atoms with Gasteiger partial charge in [0.25, 0.3) is 0 Å². The minimum Gasteiger partial charge on any atom is -0.461 e. The summed E-state index contributed by atoms with van der Waals surface area (Å²) in [6, 6.07) is 4.83. The van der Waals surface area contributed by atoms with E-state index in [1.807, 2.05) is 0 Å². The lowest BCUT2D eigenvalue weighted by molar-refractivity contribution is 0.0516. The molecule has 0 aliphatic carbocycles. The summed E-state index contributed by atoms with van der Waals surface area (Å²) in [4.78, 5) is 23.4. The maximum Gasteiger partial charge on any atom is 0.412 e. The Morgan fingerprint density at radius 2 is 2.05 bits per heavy atom. The molecule has 1 heterocycles. The third-order valence-corrected chi connectivity index (χ3v) is 2.59. The summed E-state index contributed by atoms with van der Waals surface area (Å²) >= 11 is 0. The summed E-state index contributed by atoms with van der Waals surface area (Å²) in [5.74, 6) is -0.547. The Morgan fingerprint density at radius 3 is 2.68 bits per heavy atom. The van der Waals surface area contributed by atoms with E-state index >= 15 is 0 Å². The second kappa shape index (κ2) is 6.05. The van der Waals surface area contributed by atoms with Gasteiger partial charge in [-0.1, -0.05) is 5.16 Å². The third kappa shape index (κ3) is 3.75. The number of ether oxygens (including phenoxy) is 2. The molecule has 1 aromatic heterocycles. The summed E-state index contributed by atoms with van der Waals surface area (Å²) in [6.07, 6.45) is -0.572. The topological polar surface area (TPSA) is 90.7 Å². The Labute approximate surface area is 127 Å². The van der Waals surface area contributed by atoms with Crippen LogP contribution in [-0.2, 0) is 9.47 Å². The monoisotopic (exact) mass is 306 g/mol. The molecule has 2 aromatic rings. The van der Waals surface area contributed by atoms with Crippen LogP contribution in [0.1, 0.15) is 38.2 Å². The van der Waals surface area contributed by atoms with Crippen LogP contribution in [0.4, 0.5) is 10.5 Å². The van der Waals surface area contributed by atoms with Crippen LogP contribution < -0.4 is 5.32 Å². The molecular formula is C15H18N2O5. The minimum atomic E-state index is -0.586. The van der Waals surface area contributed by atoms with Crippen molar-refractivity contribution in [2.24, 2.45) is 0 Å². The van der Waals surface area contributed by atoms with E-state index in [0.717, 1.165) is 0 Å². The molecule has 1 N–H and O–H groups in total. The molecule has 0 bridgehead atoms. The van der Waals surface area contributed by atoms with Gasteiger partial charge in [-0.05, 0) is 39.8 Å². The number of esters is 1. The Hall–Kier alpha value is -2.57. The molecule has 0 radical (unpaired) electrons. The molecule has 0 saturated heterocycles. The predicted molar refractivity (Wildman–Crippen MR) is 79.8 cm³/mol. The molecule has 7 heteroatoms. The lowest BCUT2D eigenvalue weighted by atomic mass is 10.2. The van der Waals surface area contributed by atoms with Crippen molar-refractivity contribution in [1.82, 2.24) is 5.16 Å². The zero-order chi connectivity index (χ0) is 16.3. The molecule has 0 spiro atoms. The molecule has 7 nitrogen and oxygen atoms in total. The first kappa shape index (κ1) is 15.8. The Bertz CT molecular complexity index is 700. The number of hydrogen-bond acceptors (Lipinski definition) is 6. The molecular weight excluding hydrogens is 288 g/mol. The van der Waals surface area contributed by atoms with Crippen molar-refractivity contribution in [2.75, 3.05) is 11.9 Å². The van der Waals surface area contributed by atoms with E-state index in [2.05, 4.69) is 10.5 Å². The third-order valence-electron chi connectivity index (χ3n) is 2.59. The number of nitrogens with zero attached hydrogens (tertiary/aromatic N) is 1. The summed E-state index contributed by atoms with van der Waals surface area (Å²) in [6.45, 7) is 7.29. The fourth-order valence-corrected chi connectivity index (χ4v) is 1.78. The highest BCUT2D eigenvalue weighted by atomic mass is 16.6. The summed E-state index contributed by atoms with van der Waals surface area (Å²) in [5, 5.41) is 6.81. The van der Waals surface area contributed by atoms with Gasteiger partial charge in [0.05, 0.1) is 12.0 Å². The van der Waals surface area contributed by atoms with Crippen LogP contribution in [-0.4, -0.2) is 29.4 Å². The normalized spacial score (nSPS) is 11.3. The summed E-state index contributed by atoms with van der Waals surface area (Å²) in [5.41, 5.74) is 0.378. The number of nitrogens with one attached hydrogen (secondary N) is 1. The predicted octanol–water partition coefficient (Wildman–Crippen LogP) is 3.35. The number of carbonyl (C=O) groups excluding carboxylic acids is 2. The van der Waals surface area contributed by atoms with Crippen LogP contribution in [0.15, 0.2) is 22.7 Å². The molecule has 0 aliphatic heterocycles. The first-order valence-corrected chi connectivity index (χ1v) is 6.86. The first-order chi connectivity index (χ1) is 10.3. The van der Waals surface area contributed by atoms with Crippen molar-refractivity contribution >= 4 is 28.7 Å². The van der Waals surface area contributed by atoms with Crippen molar-refractivity contribution in [3.8, 4) is 0 Å². The zero-order valence-corrected chi connectivity index (χ0v) is 12.9. The number of fused-ring (bicyclic) bond motifs is 1. The molecule has 2 rings (SSSR count). The van der Waals surface area contributed by atoms with Gasteiger partial charge in [-0.25, -0.2) is 9.59 Å². The van der Waals surface area contributed by atoms with Crippen LogP contribution in [0.25, 0.3) is 11.0 Å². The average molecular weight is 306 g/mol.